The first-order chi connectivity index (χ1) is 14.8. The number of nitrogens with one attached hydrogen (secondary N) is 1. The third-order valence-corrected chi connectivity index (χ3v) is 7.91. The normalized spacial score (nSPS) is 29.9. The summed E-state index contributed by atoms with van der Waals surface area (Å²) >= 11 is 1.54. The highest BCUT2D eigenvalue weighted by Gasteiger charge is 2.60. The molecule has 5 N–H and O–H groups in total. The number of halogens is 1. The first-order valence-corrected chi connectivity index (χ1v) is 11.5. The molecule has 10 heteroatoms. The predicted molar refractivity (Wildman–Crippen MR) is 124 cm³/mol. The Kier molecular flexibility index (Phi) is 7.77. The number of aliphatic hydroxyl groups is 1. The molecule has 4 rings (SSSR count). The molecule has 176 valence electrons. The lowest BCUT2D eigenvalue weighted by molar-refractivity contribution is -0.163. The molecule has 6 atom stereocenters. The molecule has 1 aromatic rings. The third kappa shape index (κ3) is 4.49. The summed E-state index contributed by atoms with van der Waals surface area (Å²) in [6.07, 6.45) is 0.0526. The van der Waals surface area contributed by atoms with E-state index in [2.05, 4.69) is 5.32 Å². The average Bonchev–Trinajstić information content (AvgIpc) is 3.28. The van der Waals surface area contributed by atoms with E-state index in [9.17, 15) is 19.8 Å². The van der Waals surface area contributed by atoms with Crippen LogP contribution in [0.2, 0.25) is 0 Å². The standard InChI is InChI=1S/C22H29N3O5S.ClH/c1-11-18-17(12(2)26)21(27)25(18)19(22(28)29)20(11)31-16-7-14(24-9-16)10-30-15-5-3-13(8-23)4-6-15;/h3-6,11-12,14,16-18,24,26H,7-10,23H2,1-2H3,(H,28,29);1H/t11-,12-,14+,16+,17-,18-;/m1./s1. The Hall–Kier alpha value is -1.78. The number of benzene rings is 1. The van der Waals surface area contributed by atoms with E-state index in [-0.39, 0.29) is 47.3 Å². The molecule has 3 heterocycles. The van der Waals surface area contributed by atoms with Gasteiger partial charge in [-0.25, -0.2) is 4.79 Å². The molecule has 32 heavy (non-hydrogen) atoms. The fourth-order valence-electron chi connectivity index (χ4n) is 4.78. The summed E-state index contributed by atoms with van der Waals surface area (Å²) in [4.78, 5) is 26.5. The van der Waals surface area contributed by atoms with Crippen molar-refractivity contribution in [2.24, 2.45) is 17.6 Å². The van der Waals surface area contributed by atoms with Gasteiger partial charge in [0.25, 0.3) is 0 Å². The highest BCUT2D eigenvalue weighted by atomic mass is 35.5. The van der Waals surface area contributed by atoms with Crippen molar-refractivity contribution in [3.05, 3.63) is 40.4 Å². The van der Waals surface area contributed by atoms with Gasteiger partial charge in [-0.3, -0.25) is 4.79 Å². The summed E-state index contributed by atoms with van der Waals surface area (Å²) in [7, 11) is 0. The van der Waals surface area contributed by atoms with Crippen molar-refractivity contribution in [2.45, 2.75) is 50.3 Å². The van der Waals surface area contributed by atoms with E-state index in [0.29, 0.717) is 13.2 Å². The molecule has 2 saturated heterocycles. The highest BCUT2D eigenvalue weighted by Crippen LogP contribution is 2.51. The van der Waals surface area contributed by atoms with Gasteiger partial charge in [-0.2, -0.15) is 0 Å². The quantitative estimate of drug-likeness (QED) is 0.410. The van der Waals surface area contributed by atoms with Gasteiger partial charge in [0.15, 0.2) is 0 Å². The molecule has 0 aromatic heterocycles. The number of carboxylic acid groups (broad SMARTS) is 1. The molecule has 1 aromatic carbocycles. The third-order valence-electron chi connectivity index (χ3n) is 6.40. The van der Waals surface area contributed by atoms with Crippen LogP contribution in [0, 0.1) is 11.8 Å². The Bertz CT molecular complexity index is 894. The second-order valence-corrected chi connectivity index (χ2v) is 9.85. The summed E-state index contributed by atoms with van der Waals surface area (Å²) in [5, 5.41) is 23.4. The van der Waals surface area contributed by atoms with Crippen molar-refractivity contribution in [3.63, 3.8) is 0 Å². The zero-order chi connectivity index (χ0) is 22.3. The molecule has 0 bridgehead atoms. The molecule has 0 saturated carbocycles. The fraction of sp³-hybridized carbons (Fsp3) is 0.545. The van der Waals surface area contributed by atoms with Crippen LogP contribution in [0.3, 0.4) is 0 Å². The lowest BCUT2D eigenvalue weighted by Crippen LogP contribution is -2.63. The topological polar surface area (TPSA) is 125 Å². The van der Waals surface area contributed by atoms with Crippen molar-refractivity contribution < 1.29 is 24.5 Å². The fourth-order valence-corrected chi connectivity index (χ4v) is 6.29. The molecule has 3 aliphatic heterocycles. The summed E-state index contributed by atoms with van der Waals surface area (Å²) in [5.41, 5.74) is 6.76. The van der Waals surface area contributed by atoms with Gasteiger partial charge in [0, 0.05) is 35.2 Å². The van der Waals surface area contributed by atoms with Gasteiger partial charge in [0.1, 0.15) is 18.1 Å². The number of carbonyl (C=O) groups excluding carboxylic acids is 1. The average molecular weight is 484 g/mol. The Labute approximate surface area is 198 Å². The number of amides is 1. The highest BCUT2D eigenvalue weighted by molar-refractivity contribution is 8.03. The summed E-state index contributed by atoms with van der Waals surface area (Å²) in [5.74, 6) is -1.22. The monoisotopic (exact) mass is 483 g/mol. The molecule has 3 aliphatic rings. The van der Waals surface area contributed by atoms with Crippen molar-refractivity contribution >= 4 is 36.0 Å². The van der Waals surface area contributed by atoms with E-state index >= 15 is 0 Å². The van der Waals surface area contributed by atoms with Crippen molar-refractivity contribution in [1.82, 2.24) is 10.2 Å². The number of hydrogen-bond acceptors (Lipinski definition) is 7. The van der Waals surface area contributed by atoms with Crippen LogP contribution in [-0.4, -0.2) is 63.6 Å². The van der Waals surface area contributed by atoms with Crippen LogP contribution in [0.5, 0.6) is 5.75 Å². The number of ether oxygens (including phenoxy) is 1. The number of hydrogen-bond donors (Lipinski definition) is 4. The number of thioether (sulfide) groups is 1. The molecule has 2 fully saturated rings. The lowest BCUT2D eigenvalue weighted by Gasteiger charge is -2.46. The van der Waals surface area contributed by atoms with Gasteiger partial charge in [-0.15, -0.1) is 24.2 Å². The Morgan fingerprint density at radius 2 is 2.06 bits per heavy atom. The number of aliphatic carboxylic acids is 1. The van der Waals surface area contributed by atoms with Crippen LogP contribution in [0.25, 0.3) is 0 Å². The molecular formula is C22H30ClN3O5S. The van der Waals surface area contributed by atoms with Crippen LogP contribution in [0.15, 0.2) is 34.9 Å². The summed E-state index contributed by atoms with van der Waals surface area (Å²) in [6.45, 7) is 5.31. The molecule has 0 aliphatic carbocycles. The van der Waals surface area contributed by atoms with Crippen LogP contribution in [-0.2, 0) is 16.1 Å². The van der Waals surface area contributed by atoms with Crippen molar-refractivity contribution in [3.8, 4) is 5.75 Å². The maximum atomic E-state index is 12.5. The predicted octanol–water partition coefficient (Wildman–Crippen LogP) is 1.56. The minimum Gasteiger partial charge on any atom is -0.492 e. The zero-order valence-electron chi connectivity index (χ0n) is 18.1. The molecule has 0 radical (unpaired) electrons. The van der Waals surface area contributed by atoms with Crippen molar-refractivity contribution in [2.75, 3.05) is 13.2 Å². The van der Waals surface area contributed by atoms with Gasteiger partial charge in [-0.05, 0) is 31.0 Å². The molecule has 0 unspecified atom stereocenters. The molecule has 8 nitrogen and oxygen atoms in total. The number of carbonyl (C=O) groups is 2. The van der Waals surface area contributed by atoms with Crippen LogP contribution >= 0.6 is 24.2 Å². The maximum absolute atomic E-state index is 12.5. The number of aliphatic hydroxyl groups excluding tert-OH is 1. The van der Waals surface area contributed by atoms with E-state index in [1.54, 1.807) is 18.7 Å². The van der Waals surface area contributed by atoms with Crippen LogP contribution in [0.4, 0.5) is 0 Å². The Balaban J connectivity index is 0.00000289. The number of fused-ring (bicyclic) bond motifs is 1. The Morgan fingerprint density at radius 3 is 2.66 bits per heavy atom. The van der Waals surface area contributed by atoms with E-state index in [0.717, 1.165) is 29.2 Å². The minimum atomic E-state index is -1.08. The number of rotatable bonds is 8. The van der Waals surface area contributed by atoms with E-state index in [4.69, 9.17) is 10.5 Å². The summed E-state index contributed by atoms with van der Waals surface area (Å²) < 4.78 is 5.89. The number of nitrogens with two attached hydrogens (primary N) is 1. The van der Waals surface area contributed by atoms with Gasteiger partial charge in [-0.1, -0.05) is 19.1 Å². The second kappa shape index (κ2) is 10.0. The van der Waals surface area contributed by atoms with Gasteiger partial charge in [0.2, 0.25) is 5.91 Å². The lowest BCUT2D eigenvalue weighted by atomic mass is 9.79. The first kappa shape index (κ1) is 24.9. The second-order valence-electron chi connectivity index (χ2n) is 8.51. The zero-order valence-corrected chi connectivity index (χ0v) is 19.7. The van der Waals surface area contributed by atoms with E-state index < -0.39 is 18.0 Å². The Morgan fingerprint density at radius 1 is 1.38 bits per heavy atom. The van der Waals surface area contributed by atoms with Gasteiger partial charge >= 0.3 is 5.97 Å². The maximum Gasteiger partial charge on any atom is 0.353 e. The van der Waals surface area contributed by atoms with Gasteiger partial charge in [0.05, 0.1) is 18.1 Å². The number of carboxylic acids is 1. The largest absolute Gasteiger partial charge is 0.492 e. The van der Waals surface area contributed by atoms with Crippen LogP contribution < -0.4 is 15.8 Å². The molecule has 0 spiro atoms. The van der Waals surface area contributed by atoms with E-state index in [1.165, 1.54) is 4.90 Å². The van der Waals surface area contributed by atoms with E-state index in [1.807, 2.05) is 31.2 Å². The molecule has 1 amide bonds. The summed E-state index contributed by atoms with van der Waals surface area (Å²) in [6, 6.07) is 7.61. The number of β-lactam (4-membered cyclic amide) rings is 1. The van der Waals surface area contributed by atoms with Gasteiger partial charge < -0.3 is 30.9 Å². The van der Waals surface area contributed by atoms with Crippen LogP contribution in [0.1, 0.15) is 25.8 Å². The minimum absolute atomic E-state index is 0. The SMILES string of the molecule is C[C@@H](O)[C@H]1C(=O)N2C(C(=O)O)=C(S[C@@H]3CN[C@H](COc4ccc(CN)cc4)C3)[C@H](C)[C@H]12.Cl. The first-order valence-electron chi connectivity index (χ1n) is 10.6. The molecular weight excluding hydrogens is 454 g/mol. The van der Waals surface area contributed by atoms with Crippen molar-refractivity contribution in [1.29, 1.82) is 0 Å². The number of nitrogens with zero attached hydrogens (tertiary/aromatic N) is 1. The smallest absolute Gasteiger partial charge is 0.353 e.